The smallest absolute Gasteiger partial charge is 0.314 e. The Balaban J connectivity index is 1.75. The largest absolute Gasteiger partial charge is 0.465 e. The molecule has 0 aromatic carbocycles. The fourth-order valence-corrected chi connectivity index (χ4v) is 7.18. The topological polar surface area (TPSA) is 78.9 Å². The van der Waals surface area contributed by atoms with E-state index in [1.807, 2.05) is 0 Å². The van der Waals surface area contributed by atoms with Crippen LogP contribution in [-0.4, -0.2) is 36.7 Å². The zero-order chi connectivity index (χ0) is 21.8. The van der Waals surface area contributed by atoms with E-state index in [2.05, 4.69) is 26.5 Å². The third-order valence-electron chi connectivity index (χ3n) is 8.49. The second kappa shape index (κ2) is 7.24. The van der Waals surface area contributed by atoms with E-state index in [4.69, 9.17) is 14.2 Å². The lowest BCUT2D eigenvalue weighted by molar-refractivity contribution is -0.210. The van der Waals surface area contributed by atoms with E-state index >= 15 is 0 Å². The first-order chi connectivity index (χ1) is 14.1. The number of hydrogen-bond donors (Lipinski definition) is 0. The number of ether oxygens (including phenoxy) is 3. The zero-order valence-corrected chi connectivity index (χ0v) is 18.3. The van der Waals surface area contributed by atoms with Crippen LogP contribution >= 0.6 is 0 Å². The fourth-order valence-electron chi connectivity index (χ4n) is 7.18. The van der Waals surface area contributed by atoms with E-state index in [0.29, 0.717) is 6.42 Å². The predicted molar refractivity (Wildman–Crippen MR) is 109 cm³/mol. The molecule has 4 aliphatic rings. The van der Waals surface area contributed by atoms with Crippen molar-refractivity contribution in [1.29, 1.82) is 0 Å². The highest BCUT2D eigenvalue weighted by atomic mass is 16.6. The molecule has 1 aliphatic heterocycles. The van der Waals surface area contributed by atoms with E-state index in [1.165, 1.54) is 13.8 Å². The standard InChI is InChI=1S/C24H32O6/c1-6-15-7-8-16-21-17(30-22(27)20(15)21)11-18-23(16,4)10-9-19(29-14(3)26)24(18,5)12-28-13(2)25/h6-7,16-21H,1,8-12H2,2-5H3. The Bertz CT molecular complexity index is 815. The van der Waals surface area contributed by atoms with Gasteiger partial charge >= 0.3 is 17.9 Å². The van der Waals surface area contributed by atoms with Crippen LogP contribution in [0, 0.1) is 34.5 Å². The summed E-state index contributed by atoms with van der Waals surface area (Å²) in [6, 6.07) is 0. The number of carbonyl (C=O) groups is 3. The van der Waals surface area contributed by atoms with Gasteiger partial charge in [0.2, 0.25) is 0 Å². The first-order valence-corrected chi connectivity index (χ1v) is 11.0. The van der Waals surface area contributed by atoms with Crippen LogP contribution in [0.1, 0.15) is 53.4 Å². The molecule has 8 atom stereocenters. The third kappa shape index (κ3) is 3.02. The maximum atomic E-state index is 12.8. The Kier molecular flexibility index (Phi) is 5.10. The second-order valence-corrected chi connectivity index (χ2v) is 10.00. The van der Waals surface area contributed by atoms with Gasteiger partial charge in [-0.25, -0.2) is 0 Å². The summed E-state index contributed by atoms with van der Waals surface area (Å²) in [5.41, 5.74) is 0.381. The summed E-state index contributed by atoms with van der Waals surface area (Å²) in [7, 11) is 0. The predicted octanol–water partition coefficient (Wildman–Crippen LogP) is 3.60. The van der Waals surface area contributed by atoms with Crippen LogP contribution in [0.4, 0.5) is 0 Å². The molecule has 0 radical (unpaired) electrons. The molecule has 6 nitrogen and oxygen atoms in total. The molecule has 1 heterocycles. The fraction of sp³-hybridized carbons (Fsp3) is 0.708. The minimum Gasteiger partial charge on any atom is -0.465 e. The third-order valence-corrected chi connectivity index (χ3v) is 8.49. The highest BCUT2D eigenvalue weighted by molar-refractivity contribution is 5.80. The van der Waals surface area contributed by atoms with Crippen molar-refractivity contribution in [2.24, 2.45) is 34.5 Å². The normalized spacial score (nSPS) is 44.1. The van der Waals surface area contributed by atoms with Gasteiger partial charge in [-0.2, -0.15) is 0 Å². The number of rotatable bonds is 4. The van der Waals surface area contributed by atoms with Crippen molar-refractivity contribution in [2.75, 3.05) is 6.61 Å². The minimum atomic E-state index is -0.539. The molecule has 0 bridgehead atoms. The summed E-state index contributed by atoms with van der Waals surface area (Å²) in [6.45, 7) is 11.3. The monoisotopic (exact) mass is 416 g/mol. The molecule has 1 saturated heterocycles. The lowest BCUT2D eigenvalue weighted by Gasteiger charge is -2.62. The van der Waals surface area contributed by atoms with Gasteiger partial charge < -0.3 is 14.2 Å². The number of hydrogen-bond acceptors (Lipinski definition) is 6. The molecule has 8 unspecified atom stereocenters. The van der Waals surface area contributed by atoms with Crippen molar-refractivity contribution in [1.82, 2.24) is 0 Å². The SMILES string of the molecule is C=CC1=CCC2C3C(CC4C(C)(COC(C)=O)C(OC(C)=O)CCC24C)OC(=O)C13. The molecule has 2 saturated carbocycles. The van der Waals surface area contributed by atoms with Gasteiger partial charge in [0.1, 0.15) is 18.8 Å². The maximum absolute atomic E-state index is 12.8. The van der Waals surface area contributed by atoms with Crippen LogP contribution in [0.5, 0.6) is 0 Å². The summed E-state index contributed by atoms with van der Waals surface area (Å²) in [4.78, 5) is 36.2. The van der Waals surface area contributed by atoms with Crippen LogP contribution in [0.15, 0.2) is 24.3 Å². The van der Waals surface area contributed by atoms with Gasteiger partial charge in [-0.15, -0.1) is 0 Å². The van der Waals surface area contributed by atoms with Crippen molar-refractivity contribution < 1.29 is 28.6 Å². The van der Waals surface area contributed by atoms with E-state index in [0.717, 1.165) is 24.8 Å². The molecule has 3 fully saturated rings. The van der Waals surface area contributed by atoms with Crippen molar-refractivity contribution in [2.45, 2.75) is 65.6 Å². The number of carbonyl (C=O) groups excluding carboxylic acids is 3. The van der Waals surface area contributed by atoms with Gasteiger partial charge in [0.05, 0.1) is 5.92 Å². The number of esters is 3. The molecule has 3 aliphatic carbocycles. The van der Waals surface area contributed by atoms with Crippen molar-refractivity contribution in [3.63, 3.8) is 0 Å². The Labute approximate surface area is 178 Å². The van der Waals surface area contributed by atoms with Crippen LogP contribution in [0.2, 0.25) is 0 Å². The molecular weight excluding hydrogens is 384 g/mol. The van der Waals surface area contributed by atoms with Gasteiger partial charge in [0, 0.05) is 25.2 Å². The Morgan fingerprint density at radius 2 is 2.03 bits per heavy atom. The Morgan fingerprint density at radius 1 is 1.30 bits per heavy atom. The minimum absolute atomic E-state index is 0.0673. The molecule has 0 N–H and O–H groups in total. The quantitative estimate of drug-likeness (QED) is 0.515. The average molecular weight is 417 g/mol. The first kappa shape index (κ1) is 21.1. The Morgan fingerprint density at radius 3 is 2.67 bits per heavy atom. The molecule has 0 spiro atoms. The highest BCUT2D eigenvalue weighted by Gasteiger charge is 2.67. The molecule has 0 amide bonds. The van der Waals surface area contributed by atoms with Gasteiger partial charge in [-0.1, -0.05) is 32.6 Å². The van der Waals surface area contributed by atoms with Crippen LogP contribution < -0.4 is 0 Å². The molecule has 4 rings (SSSR count). The van der Waals surface area contributed by atoms with Gasteiger partial charge in [0.15, 0.2) is 0 Å². The first-order valence-electron chi connectivity index (χ1n) is 11.0. The van der Waals surface area contributed by atoms with E-state index in [-0.39, 0.29) is 65.8 Å². The molecule has 6 heteroatoms. The summed E-state index contributed by atoms with van der Waals surface area (Å²) in [5.74, 6) is -0.510. The van der Waals surface area contributed by atoms with Crippen molar-refractivity contribution in [3.05, 3.63) is 24.3 Å². The van der Waals surface area contributed by atoms with E-state index in [1.54, 1.807) is 6.08 Å². The van der Waals surface area contributed by atoms with Gasteiger partial charge in [0.25, 0.3) is 0 Å². The molecule has 0 aromatic heterocycles. The van der Waals surface area contributed by atoms with Crippen LogP contribution in [-0.2, 0) is 28.6 Å². The van der Waals surface area contributed by atoms with Crippen molar-refractivity contribution in [3.8, 4) is 0 Å². The van der Waals surface area contributed by atoms with Gasteiger partial charge in [-0.3, -0.25) is 14.4 Å². The Hall–Kier alpha value is -2.11. The van der Waals surface area contributed by atoms with Crippen LogP contribution in [0.25, 0.3) is 0 Å². The molecular formula is C24H32O6. The summed E-state index contributed by atoms with van der Waals surface area (Å²) >= 11 is 0. The van der Waals surface area contributed by atoms with E-state index < -0.39 is 5.41 Å². The zero-order valence-electron chi connectivity index (χ0n) is 18.3. The maximum Gasteiger partial charge on any atom is 0.314 e. The lowest BCUT2D eigenvalue weighted by Crippen LogP contribution is -2.62. The van der Waals surface area contributed by atoms with Crippen LogP contribution in [0.3, 0.4) is 0 Å². The molecule has 30 heavy (non-hydrogen) atoms. The van der Waals surface area contributed by atoms with Gasteiger partial charge in [-0.05, 0) is 48.5 Å². The number of allylic oxidation sites excluding steroid dienone is 2. The summed E-state index contributed by atoms with van der Waals surface area (Å²) in [6.07, 6.45) is 6.64. The second-order valence-electron chi connectivity index (χ2n) is 10.00. The molecule has 164 valence electrons. The number of fused-ring (bicyclic) bond motifs is 2. The van der Waals surface area contributed by atoms with E-state index in [9.17, 15) is 14.4 Å². The highest BCUT2D eigenvalue weighted by Crippen LogP contribution is 2.66. The van der Waals surface area contributed by atoms with Crippen molar-refractivity contribution >= 4 is 17.9 Å². The molecule has 0 aromatic rings. The summed E-state index contributed by atoms with van der Waals surface area (Å²) in [5, 5.41) is 0. The lowest BCUT2D eigenvalue weighted by atomic mass is 9.43. The summed E-state index contributed by atoms with van der Waals surface area (Å²) < 4.78 is 17.1. The average Bonchev–Trinajstić information content (AvgIpc) is 3.02.